The highest BCUT2D eigenvalue weighted by Crippen LogP contribution is 2.33. The molecule has 2 aromatic rings. The van der Waals surface area contributed by atoms with Crippen molar-refractivity contribution in [2.24, 2.45) is 0 Å². The summed E-state index contributed by atoms with van der Waals surface area (Å²) in [5.41, 5.74) is -0.808. The third-order valence-electron chi connectivity index (χ3n) is 4.62. The van der Waals surface area contributed by atoms with Gasteiger partial charge in [0.1, 0.15) is 5.56 Å². The average Bonchev–Trinajstić information content (AvgIpc) is 2.72. The van der Waals surface area contributed by atoms with Gasteiger partial charge in [0.05, 0.1) is 18.6 Å². The maximum Gasteiger partial charge on any atom is 0.383 e. The summed E-state index contributed by atoms with van der Waals surface area (Å²) in [4.78, 5) is 24.6. The molecule has 1 aromatic carbocycles. The Kier molecular flexibility index (Phi) is 9.50. The molecule has 160 valence electrons. The Morgan fingerprint density at radius 1 is 1.03 bits per heavy atom. The fraction of sp³-hybridized carbons (Fsp3) is 0.545. The number of para-hydroxylation sites is 1. The zero-order valence-electron chi connectivity index (χ0n) is 16.9. The van der Waals surface area contributed by atoms with Crippen LogP contribution < -0.4 is 10.4 Å². The van der Waals surface area contributed by atoms with E-state index in [2.05, 4.69) is 6.92 Å². The molecular weight excluding hydrogens is 376 g/mol. The van der Waals surface area contributed by atoms with Gasteiger partial charge >= 0.3 is 11.6 Å². The predicted molar refractivity (Wildman–Crippen MR) is 110 cm³/mol. The minimum absolute atomic E-state index is 0.0239. The molecule has 0 saturated carbocycles. The van der Waals surface area contributed by atoms with Gasteiger partial charge in [-0.1, -0.05) is 45.1 Å². The second-order valence-corrected chi connectivity index (χ2v) is 6.93. The standard InChI is InChI=1S/C22H30O7/c1-2-3-4-5-6-8-14-27-20-18(24)16-11-10-12-17(19(16)29-22(20)26)21(25)28-15-9-7-13-23/h10-12,23-24H,2-9,13-15H2,1H3. The third kappa shape index (κ3) is 6.49. The van der Waals surface area contributed by atoms with Crippen molar-refractivity contribution in [1.82, 2.24) is 0 Å². The van der Waals surface area contributed by atoms with E-state index in [9.17, 15) is 14.7 Å². The van der Waals surface area contributed by atoms with Crippen LogP contribution in [-0.4, -0.2) is 36.0 Å². The van der Waals surface area contributed by atoms with Gasteiger partial charge in [-0.3, -0.25) is 0 Å². The van der Waals surface area contributed by atoms with E-state index in [1.54, 1.807) is 12.1 Å². The number of hydrogen-bond donors (Lipinski definition) is 2. The first-order valence-corrected chi connectivity index (χ1v) is 10.3. The average molecular weight is 406 g/mol. The van der Waals surface area contributed by atoms with E-state index < -0.39 is 11.6 Å². The zero-order valence-corrected chi connectivity index (χ0v) is 16.9. The summed E-state index contributed by atoms with van der Waals surface area (Å²) in [7, 11) is 0. The van der Waals surface area contributed by atoms with Crippen LogP contribution in [0.3, 0.4) is 0 Å². The smallest absolute Gasteiger partial charge is 0.383 e. The number of benzene rings is 1. The molecule has 0 aliphatic carbocycles. The highest BCUT2D eigenvalue weighted by molar-refractivity contribution is 6.03. The number of aromatic hydroxyl groups is 1. The highest BCUT2D eigenvalue weighted by Gasteiger charge is 2.21. The van der Waals surface area contributed by atoms with Crippen molar-refractivity contribution in [1.29, 1.82) is 0 Å². The minimum atomic E-state index is -0.832. The Morgan fingerprint density at radius 3 is 2.52 bits per heavy atom. The van der Waals surface area contributed by atoms with Gasteiger partial charge in [-0.2, -0.15) is 0 Å². The Morgan fingerprint density at radius 2 is 1.76 bits per heavy atom. The molecule has 0 unspecified atom stereocenters. The van der Waals surface area contributed by atoms with E-state index in [4.69, 9.17) is 19.0 Å². The zero-order chi connectivity index (χ0) is 21.1. The molecule has 0 spiro atoms. The number of carbonyl (C=O) groups is 1. The van der Waals surface area contributed by atoms with Gasteiger partial charge in [0, 0.05) is 6.61 Å². The van der Waals surface area contributed by atoms with Crippen LogP contribution in [0.2, 0.25) is 0 Å². The summed E-state index contributed by atoms with van der Waals surface area (Å²) < 4.78 is 15.9. The number of esters is 1. The first-order chi connectivity index (χ1) is 14.1. The maximum atomic E-state index is 12.3. The second kappa shape index (κ2) is 12.1. The summed E-state index contributed by atoms with van der Waals surface area (Å²) >= 11 is 0. The molecule has 0 aliphatic heterocycles. The molecule has 0 aliphatic rings. The van der Waals surface area contributed by atoms with E-state index in [0.29, 0.717) is 19.4 Å². The van der Waals surface area contributed by atoms with E-state index in [-0.39, 0.29) is 41.2 Å². The monoisotopic (exact) mass is 406 g/mol. The maximum absolute atomic E-state index is 12.3. The molecule has 7 nitrogen and oxygen atoms in total. The Labute approximate surface area is 170 Å². The summed E-state index contributed by atoms with van der Waals surface area (Å²) in [6, 6.07) is 4.59. The summed E-state index contributed by atoms with van der Waals surface area (Å²) in [6.45, 7) is 2.64. The van der Waals surface area contributed by atoms with Crippen LogP contribution in [0, 0.1) is 0 Å². The summed E-state index contributed by atoms with van der Waals surface area (Å²) in [6.07, 6.45) is 7.50. The Balaban J connectivity index is 2.08. The number of carbonyl (C=O) groups excluding carboxylic acids is 1. The number of fused-ring (bicyclic) bond motifs is 1. The van der Waals surface area contributed by atoms with Crippen LogP contribution in [0.1, 0.15) is 68.6 Å². The van der Waals surface area contributed by atoms with Gasteiger partial charge in [-0.25, -0.2) is 9.59 Å². The van der Waals surface area contributed by atoms with Crippen molar-refractivity contribution in [2.75, 3.05) is 19.8 Å². The number of rotatable bonds is 13. The first kappa shape index (κ1) is 22.7. The molecule has 0 amide bonds. The molecule has 0 saturated heterocycles. The normalized spacial score (nSPS) is 11.0. The summed E-state index contributed by atoms with van der Waals surface area (Å²) in [5, 5.41) is 19.5. The van der Waals surface area contributed by atoms with Crippen LogP contribution >= 0.6 is 0 Å². The van der Waals surface area contributed by atoms with Gasteiger partial charge in [0.2, 0.25) is 5.75 Å². The van der Waals surface area contributed by atoms with Crippen molar-refractivity contribution < 1.29 is 28.9 Å². The molecule has 2 N–H and O–H groups in total. The molecule has 29 heavy (non-hydrogen) atoms. The first-order valence-electron chi connectivity index (χ1n) is 10.3. The van der Waals surface area contributed by atoms with Crippen LogP contribution in [-0.2, 0) is 4.74 Å². The van der Waals surface area contributed by atoms with Crippen molar-refractivity contribution in [3.05, 3.63) is 34.2 Å². The molecule has 0 radical (unpaired) electrons. The third-order valence-corrected chi connectivity index (χ3v) is 4.62. The fourth-order valence-electron chi connectivity index (χ4n) is 2.99. The van der Waals surface area contributed by atoms with E-state index in [1.165, 1.54) is 25.3 Å². The van der Waals surface area contributed by atoms with Gasteiger partial charge < -0.3 is 24.1 Å². The summed E-state index contributed by atoms with van der Waals surface area (Å²) in [5.74, 6) is -1.23. The minimum Gasteiger partial charge on any atom is -0.504 e. The lowest BCUT2D eigenvalue weighted by Gasteiger charge is -2.10. The number of ether oxygens (including phenoxy) is 2. The molecule has 0 atom stereocenters. The largest absolute Gasteiger partial charge is 0.504 e. The van der Waals surface area contributed by atoms with Gasteiger partial charge in [-0.05, 0) is 31.4 Å². The van der Waals surface area contributed by atoms with Gasteiger partial charge in [-0.15, -0.1) is 0 Å². The molecule has 0 bridgehead atoms. The highest BCUT2D eigenvalue weighted by atomic mass is 16.5. The topological polar surface area (TPSA) is 106 Å². The lowest BCUT2D eigenvalue weighted by atomic mass is 10.1. The van der Waals surface area contributed by atoms with Crippen LogP contribution in [0.15, 0.2) is 27.4 Å². The number of hydrogen-bond acceptors (Lipinski definition) is 7. The second-order valence-electron chi connectivity index (χ2n) is 6.93. The van der Waals surface area contributed by atoms with Crippen LogP contribution in [0.4, 0.5) is 0 Å². The quantitative estimate of drug-likeness (QED) is 0.292. The Hall–Kier alpha value is -2.54. The van der Waals surface area contributed by atoms with E-state index in [0.717, 1.165) is 19.3 Å². The predicted octanol–water partition coefficient (Wildman–Crippen LogP) is 4.17. The fourth-order valence-corrected chi connectivity index (χ4v) is 2.99. The van der Waals surface area contributed by atoms with Crippen molar-refractivity contribution in [3.63, 3.8) is 0 Å². The molecule has 7 heteroatoms. The van der Waals surface area contributed by atoms with Crippen LogP contribution in [0.5, 0.6) is 11.5 Å². The molecule has 1 aromatic heterocycles. The number of unbranched alkanes of at least 4 members (excludes halogenated alkanes) is 6. The van der Waals surface area contributed by atoms with Crippen molar-refractivity contribution in [3.8, 4) is 11.5 Å². The van der Waals surface area contributed by atoms with Crippen molar-refractivity contribution >= 4 is 16.9 Å². The molecular formula is C22H30O7. The van der Waals surface area contributed by atoms with Crippen molar-refractivity contribution in [2.45, 2.75) is 58.3 Å². The van der Waals surface area contributed by atoms with Gasteiger partial charge in [0.15, 0.2) is 11.3 Å². The van der Waals surface area contributed by atoms with Gasteiger partial charge in [0.25, 0.3) is 0 Å². The van der Waals surface area contributed by atoms with Crippen LogP contribution in [0.25, 0.3) is 11.0 Å². The molecule has 2 rings (SSSR count). The molecule has 1 heterocycles. The molecule has 0 fully saturated rings. The van der Waals surface area contributed by atoms with E-state index >= 15 is 0 Å². The Bertz CT molecular complexity index is 841. The van der Waals surface area contributed by atoms with E-state index in [1.807, 2.05) is 0 Å². The SMILES string of the molecule is CCCCCCCCOc1c(O)c2cccc(C(=O)OCCCCO)c2oc1=O. The number of aliphatic hydroxyl groups excluding tert-OH is 1. The number of aliphatic hydroxyl groups is 1. The lowest BCUT2D eigenvalue weighted by Crippen LogP contribution is -2.11. The lowest BCUT2D eigenvalue weighted by molar-refractivity contribution is 0.0493.